The van der Waals surface area contributed by atoms with E-state index in [0.717, 1.165) is 11.3 Å². The second-order valence-electron chi connectivity index (χ2n) is 8.07. The molecule has 4 aromatic heterocycles. The minimum absolute atomic E-state index is 0.163. The van der Waals surface area contributed by atoms with E-state index in [1.54, 1.807) is 41.4 Å². The van der Waals surface area contributed by atoms with Crippen LogP contribution in [0.5, 0.6) is 5.75 Å². The van der Waals surface area contributed by atoms with Gasteiger partial charge in [-0.2, -0.15) is 4.39 Å². The number of carbonyl (C=O) groups is 1. The lowest BCUT2D eigenvalue weighted by Crippen LogP contribution is -2.17. The molecule has 4 rings (SSSR count). The summed E-state index contributed by atoms with van der Waals surface area (Å²) in [6, 6.07) is 4.72. The Morgan fingerprint density at radius 2 is 2.08 bits per heavy atom. The molecule has 0 saturated carbocycles. The predicted octanol–water partition coefficient (Wildman–Crippen LogP) is 4.88. The Bertz CT molecular complexity index is 1410. The first-order valence-electron chi connectivity index (χ1n) is 11.0. The molecule has 1 amide bonds. The molecule has 0 fully saturated rings. The average molecular weight is 531 g/mol. The van der Waals surface area contributed by atoms with Crippen LogP contribution < -0.4 is 10.1 Å². The molecule has 4 heterocycles. The van der Waals surface area contributed by atoms with Gasteiger partial charge in [0.05, 0.1) is 30.6 Å². The van der Waals surface area contributed by atoms with Crippen LogP contribution in [-0.2, 0) is 13.2 Å². The minimum Gasteiger partial charge on any atom is -0.495 e. The van der Waals surface area contributed by atoms with Crippen molar-refractivity contribution in [1.29, 1.82) is 0 Å². The molecule has 188 valence electrons. The number of aliphatic hydroxyl groups is 1. The maximum Gasteiger partial charge on any atom is 0.274 e. The van der Waals surface area contributed by atoms with Crippen molar-refractivity contribution in [3.63, 3.8) is 0 Å². The molecule has 0 bridgehead atoms. The number of aromatic nitrogens is 5. The molecule has 0 saturated heterocycles. The Hall–Kier alpha value is -3.54. The Balaban J connectivity index is 1.55. The molecular weight excluding hydrogens is 507 g/mol. The van der Waals surface area contributed by atoms with Crippen LogP contribution in [0.1, 0.15) is 52.2 Å². The number of rotatable bonds is 9. The van der Waals surface area contributed by atoms with E-state index in [9.17, 15) is 14.3 Å². The predicted molar refractivity (Wildman–Crippen MR) is 137 cm³/mol. The van der Waals surface area contributed by atoms with E-state index in [2.05, 4.69) is 20.3 Å². The van der Waals surface area contributed by atoms with Crippen molar-refractivity contribution in [3.8, 4) is 5.75 Å². The topological polar surface area (TPSA) is 107 Å². The van der Waals surface area contributed by atoms with Gasteiger partial charge in [-0.15, -0.1) is 0 Å². The van der Waals surface area contributed by atoms with Crippen molar-refractivity contribution in [3.05, 3.63) is 75.5 Å². The van der Waals surface area contributed by atoms with Crippen molar-refractivity contribution >= 4 is 46.1 Å². The Kier molecular flexibility index (Phi) is 7.82. The summed E-state index contributed by atoms with van der Waals surface area (Å²) >= 11 is 7.54. The van der Waals surface area contributed by atoms with E-state index in [4.69, 9.17) is 16.3 Å². The fourth-order valence-corrected chi connectivity index (χ4v) is 4.62. The van der Waals surface area contributed by atoms with Gasteiger partial charge in [-0.05, 0) is 43.7 Å². The van der Waals surface area contributed by atoms with Crippen LogP contribution in [0.2, 0.25) is 5.15 Å². The summed E-state index contributed by atoms with van der Waals surface area (Å²) < 4.78 is 22.3. The zero-order chi connectivity index (χ0) is 25.8. The first kappa shape index (κ1) is 25.5. The lowest BCUT2D eigenvalue weighted by molar-refractivity contribution is 0.101. The SMILES string of the molecule is COc1cc(C(=O)Nc2nc(/C=C/c3ncn(C(C)C)c3Cl)c(CO)s2)n(Cc2ccnc(F)c2)c1. The van der Waals surface area contributed by atoms with E-state index < -0.39 is 11.9 Å². The van der Waals surface area contributed by atoms with Crippen LogP contribution in [0, 0.1) is 5.95 Å². The third kappa shape index (κ3) is 5.64. The van der Waals surface area contributed by atoms with Gasteiger partial charge in [-0.1, -0.05) is 22.9 Å². The lowest BCUT2D eigenvalue weighted by atomic mass is 10.2. The number of carbonyl (C=O) groups excluding carboxylic acids is 1. The Labute approximate surface area is 215 Å². The molecule has 0 spiro atoms. The maximum atomic E-state index is 13.5. The number of nitrogens with one attached hydrogen (secondary N) is 1. The first-order chi connectivity index (χ1) is 17.3. The van der Waals surface area contributed by atoms with Gasteiger partial charge in [0.2, 0.25) is 5.95 Å². The van der Waals surface area contributed by atoms with E-state index in [1.807, 2.05) is 18.4 Å². The van der Waals surface area contributed by atoms with Crippen LogP contribution in [0.4, 0.5) is 9.52 Å². The van der Waals surface area contributed by atoms with Crippen molar-refractivity contribution in [1.82, 2.24) is 24.1 Å². The van der Waals surface area contributed by atoms with Crippen LogP contribution in [0.3, 0.4) is 0 Å². The Morgan fingerprint density at radius 3 is 2.75 bits per heavy atom. The molecule has 0 aliphatic rings. The highest BCUT2D eigenvalue weighted by Gasteiger charge is 2.18. The molecule has 0 radical (unpaired) electrons. The number of anilines is 1. The van der Waals surface area contributed by atoms with Crippen LogP contribution in [0.15, 0.2) is 36.9 Å². The number of halogens is 2. The van der Waals surface area contributed by atoms with Gasteiger partial charge in [0.1, 0.15) is 22.3 Å². The van der Waals surface area contributed by atoms with Crippen LogP contribution >= 0.6 is 22.9 Å². The highest BCUT2D eigenvalue weighted by atomic mass is 35.5. The maximum absolute atomic E-state index is 13.5. The summed E-state index contributed by atoms with van der Waals surface area (Å²) in [5.41, 5.74) is 2.00. The molecule has 36 heavy (non-hydrogen) atoms. The van der Waals surface area contributed by atoms with Gasteiger partial charge in [0.15, 0.2) is 5.13 Å². The van der Waals surface area contributed by atoms with Gasteiger partial charge in [0, 0.05) is 31.0 Å². The number of aliphatic hydroxyl groups excluding tert-OH is 1. The zero-order valence-electron chi connectivity index (χ0n) is 19.8. The molecule has 2 N–H and O–H groups in total. The summed E-state index contributed by atoms with van der Waals surface area (Å²) in [6.45, 7) is 3.99. The summed E-state index contributed by atoms with van der Waals surface area (Å²) in [6.07, 6.45) is 8.09. The number of ether oxygens (including phenoxy) is 1. The second-order valence-corrected chi connectivity index (χ2v) is 9.52. The number of hydrogen-bond acceptors (Lipinski definition) is 7. The normalized spacial score (nSPS) is 11.5. The number of nitrogens with zero attached hydrogens (tertiary/aromatic N) is 5. The lowest BCUT2D eigenvalue weighted by Gasteiger charge is -2.08. The van der Waals surface area contributed by atoms with Crippen LogP contribution in [0.25, 0.3) is 12.2 Å². The monoisotopic (exact) mass is 530 g/mol. The summed E-state index contributed by atoms with van der Waals surface area (Å²) in [7, 11) is 1.50. The standard InChI is InChI=1S/C24H24ClFN6O3S/c1-14(2)32-13-28-18(22(32)25)5-4-17-20(12-33)36-24(29-17)30-23(34)19-9-16(35-3)11-31(19)10-15-6-7-27-21(26)8-15/h4-9,11,13-14,33H,10,12H2,1-3H3,(H,29,30,34)/b5-4+. The van der Waals surface area contributed by atoms with Crippen LogP contribution in [-0.4, -0.2) is 42.2 Å². The highest BCUT2D eigenvalue weighted by molar-refractivity contribution is 7.16. The molecule has 12 heteroatoms. The number of methoxy groups -OCH3 is 1. The largest absolute Gasteiger partial charge is 0.495 e. The van der Waals surface area contributed by atoms with Crippen molar-refractivity contribution in [2.45, 2.75) is 33.0 Å². The van der Waals surface area contributed by atoms with Crippen molar-refractivity contribution < 1.29 is 19.0 Å². The molecular formula is C24H24ClFN6O3S. The number of imidazole rings is 1. The Morgan fingerprint density at radius 1 is 1.31 bits per heavy atom. The summed E-state index contributed by atoms with van der Waals surface area (Å²) in [5.74, 6) is -0.554. The van der Waals surface area contributed by atoms with E-state index >= 15 is 0 Å². The second kappa shape index (κ2) is 11.0. The average Bonchev–Trinajstić information content (AvgIpc) is 3.54. The molecule has 9 nitrogen and oxygen atoms in total. The minimum atomic E-state index is -0.602. The summed E-state index contributed by atoms with van der Waals surface area (Å²) in [5, 5.41) is 13.4. The molecule has 0 atom stereocenters. The highest BCUT2D eigenvalue weighted by Crippen LogP contribution is 2.27. The zero-order valence-corrected chi connectivity index (χ0v) is 21.3. The van der Waals surface area contributed by atoms with Gasteiger partial charge in [-0.25, -0.2) is 15.0 Å². The van der Waals surface area contributed by atoms with Gasteiger partial charge in [-0.3, -0.25) is 10.1 Å². The fourth-order valence-electron chi connectivity index (χ4n) is 3.47. The van der Waals surface area contributed by atoms with Crippen molar-refractivity contribution in [2.75, 3.05) is 12.4 Å². The third-order valence-electron chi connectivity index (χ3n) is 5.29. The smallest absolute Gasteiger partial charge is 0.274 e. The molecule has 0 aliphatic heterocycles. The first-order valence-corrected chi connectivity index (χ1v) is 12.2. The number of amides is 1. The quantitative estimate of drug-likeness (QED) is 0.299. The number of pyridine rings is 1. The summed E-state index contributed by atoms with van der Waals surface area (Å²) in [4.78, 5) is 26.0. The third-order valence-corrected chi connectivity index (χ3v) is 6.65. The number of hydrogen-bond donors (Lipinski definition) is 2. The molecule has 0 aliphatic carbocycles. The van der Waals surface area contributed by atoms with Crippen molar-refractivity contribution in [2.24, 2.45) is 0 Å². The van der Waals surface area contributed by atoms with E-state index in [0.29, 0.717) is 43.6 Å². The van der Waals surface area contributed by atoms with Gasteiger partial charge >= 0.3 is 0 Å². The van der Waals surface area contributed by atoms with Gasteiger partial charge in [0.25, 0.3) is 5.91 Å². The van der Waals surface area contributed by atoms with E-state index in [-0.39, 0.29) is 19.2 Å². The number of thiazole rings is 1. The molecule has 0 unspecified atom stereocenters. The molecule has 4 aromatic rings. The molecule has 0 aromatic carbocycles. The van der Waals surface area contributed by atoms with Gasteiger partial charge < -0.3 is 19.0 Å². The fraction of sp³-hybridized carbons (Fsp3) is 0.250. The van der Waals surface area contributed by atoms with E-state index in [1.165, 1.54) is 19.4 Å².